The zero-order chi connectivity index (χ0) is 18.6. The molecule has 2 heterocycles. The number of carbonyl (C=O) groups excluding carboxylic acids is 1. The van der Waals surface area contributed by atoms with Gasteiger partial charge in [-0.2, -0.15) is 0 Å². The van der Waals surface area contributed by atoms with Gasteiger partial charge < -0.3 is 9.47 Å². The maximum Gasteiger partial charge on any atom is 0.253 e. The third kappa shape index (κ3) is 4.14. The summed E-state index contributed by atoms with van der Waals surface area (Å²) < 4.78 is 3.24. The van der Waals surface area contributed by atoms with E-state index in [2.05, 4.69) is 43.8 Å². The van der Waals surface area contributed by atoms with E-state index in [9.17, 15) is 4.79 Å². The fraction of sp³-hybridized carbons (Fsp3) is 0.273. The van der Waals surface area contributed by atoms with E-state index in [1.165, 1.54) is 0 Å². The fourth-order valence-corrected chi connectivity index (χ4v) is 3.94. The molecule has 0 aliphatic carbocycles. The van der Waals surface area contributed by atoms with Crippen LogP contribution in [0.25, 0.3) is 11.4 Å². The Morgan fingerprint density at radius 3 is 2.44 bits per heavy atom. The summed E-state index contributed by atoms with van der Waals surface area (Å²) in [4.78, 5) is 19.2. The number of nitrogens with zero attached hydrogens (tertiary/aromatic N) is 3. The molecule has 0 spiro atoms. The molecule has 0 bridgehead atoms. The van der Waals surface area contributed by atoms with Crippen LogP contribution < -0.4 is 0 Å². The van der Waals surface area contributed by atoms with Crippen molar-refractivity contribution in [1.82, 2.24) is 14.5 Å². The zero-order valence-corrected chi connectivity index (χ0v) is 16.7. The molecular formula is C22H22BrN3O. The molecule has 27 heavy (non-hydrogen) atoms. The third-order valence-corrected chi connectivity index (χ3v) is 5.72. The molecule has 5 heteroatoms. The molecule has 1 aliphatic heterocycles. The Morgan fingerprint density at radius 2 is 1.74 bits per heavy atom. The van der Waals surface area contributed by atoms with Crippen LogP contribution >= 0.6 is 15.9 Å². The maximum absolute atomic E-state index is 12.7. The van der Waals surface area contributed by atoms with Gasteiger partial charge in [-0.15, -0.1) is 0 Å². The molecule has 0 radical (unpaired) electrons. The summed E-state index contributed by atoms with van der Waals surface area (Å²) in [5.74, 6) is 1.72. The second kappa shape index (κ2) is 8.09. The predicted octanol–water partition coefficient (Wildman–Crippen LogP) is 4.87. The number of carbonyl (C=O) groups is 1. The summed E-state index contributed by atoms with van der Waals surface area (Å²) in [6.45, 7) is 2.58. The van der Waals surface area contributed by atoms with Crippen LogP contribution in [-0.4, -0.2) is 33.4 Å². The van der Waals surface area contributed by atoms with E-state index in [0.29, 0.717) is 5.92 Å². The van der Waals surface area contributed by atoms with Crippen molar-refractivity contribution in [2.75, 3.05) is 13.1 Å². The number of piperidine rings is 1. The standard InChI is InChI=1S/C22H22BrN3O/c23-20-8-6-19(7-9-20)22(27)25-13-10-17(11-14-25)16-26-15-12-24-21(26)18-4-2-1-3-5-18/h1-9,12,15,17H,10-11,13-14,16H2. The molecule has 4 nitrogen and oxygen atoms in total. The van der Waals surface area contributed by atoms with E-state index in [-0.39, 0.29) is 5.91 Å². The molecule has 0 unspecified atom stereocenters. The van der Waals surface area contributed by atoms with Gasteiger partial charge >= 0.3 is 0 Å². The molecule has 1 amide bonds. The predicted molar refractivity (Wildman–Crippen MR) is 110 cm³/mol. The van der Waals surface area contributed by atoms with Gasteiger partial charge in [-0.25, -0.2) is 4.98 Å². The molecular weight excluding hydrogens is 402 g/mol. The van der Waals surface area contributed by atoms with Gasteiger partial charge in [0.25, 0.3) is 5.91 Å². The fourth-order valence-electron chi connectivity index (χ4n) is 3.68. The van der Waals surface area contributed by atoms with Gasteiger partial charge in [-0.05, 0) is 43.0 Å². The van der Waals surface area contributed by atoms with Crippen LogP contribution in [0.3, 0.4) is 0 Å². The minimum absolute atomic E-state index is 0.133. The van der Waals surface area contributed by atoms with Gasteiger partial charge in [0.1, 0.15) is 5.82 Å². The van der Waals surface area contributed by atoms with E-state index in [1.54, 1.807) is 0 Å². The topological polar surface area (TPSA) is 38.1 Å². The third-order valence-electron chi connectivity index (χ3n) is 5.20. The van der Waals surface area contributed by atoms with Crippen molar-refractivity contribution in [3.63, 3.8) is 0 Å². The van der Waals surface area contributed by atoms with E-state index >= 15 is 0 Å². The van der Waals surface area contributed by atoms with E-state index < -0.39 is 0 Å². The molecule has 2 aromatic carbocycles. The van der Waals surface area contributed by atoms with Gasteiger partial charge in [-0.3, -0.25) is 4.79 Å². The number of rotatable bonds is 4. The summed E-state index contributed by atoms with van der Waals surface area (Å²) in [6, 6.07) is 17.9. The monoisotopic (exact) mass is 423 g/mol. The first-order valence-corrected chi connectivity index (χ1v) is 10.1. The minimum Gasteiger partial charge on any atom is -0.339 e. The number of halogens is 1. The second-order valence-electron chi connectivity index (χ2n) is 7.01. The quantitative estimate of drug-likeness (QED) is 0.600. The van der Waals surface area contributed by atoms with E-state index in [0.717, 1.165) is 53.9 Å². The molecule has 0 N–H and O–H groups in total. The lowest BCUT2D eigenvalue weighted by Gasteiger charge is -2.32. The highest BCUT2D eigenvalue weighted by molar-refractivity contribution is 9.10. The Kier molecular flexibility index (Phi) is 5.39. The number of hydrogen-bond donors (Lipinski definition) is 0. The van der Waals surface area contributed by atoms with Crippen LogP contribution in [0, 0.1) is 5.92 Å². The van der Waals surface area contributed by atoms with Crippen molar-refractivity contribution in [3.8, 4) is 11.4 Å². The number of likely N-dealkylation sites (tertiary alicyclic amines) is 1. The molecule has 3 aromatic rings. The SMILES string of the molecule is O=C(c1ccc(Br)cc1)N1CCC(Cn2ccnc2-c2ccccc2)CC1. The molecule has 4 rings (SSSR count). The van der Waals surface area contributed by atoms with E-state index in [4.69, 9.17) is 0 Å². The summed E-state index contributed by atoms with van der Waals surface area (Å²) in [5, 5.41) is 0. The largest absolute Gasteiger partial charge is 0.339 e. The Balaban J connectivity index is 1.37. The molecule has 1 saturated heterocycles. The second-order valence-corrected chi connectivity index (χ2v) is 7.93. The number of benzene rings is 2. The van der Waals surface area contributed by atoms with Crippen LogP contribution in [-0.2, 0) is 6.54 Å². The molecule has 0 atom stereocenters. The van der Waals surface area contributed by atoms with Crippen LogP contribution in [0.15, 0.2) is 71.5 Å². The molecule has 0 saturated carbocycles. The molecule has 1 aliphatic rings. The minimum atomic E-state index is 0.133. The number of amides is 1. The smallest absolute Gasteiger partial charge is 0.253 e. The molecule has 138 valence electrons. The highest BCUT2D eigenvalue weighted by Crippen LogP contribution is 2.24. The first-order chi connectivity index (χ1) is 13.2. The highest BCUT2D eigenvalue weighted by Gasteiger charge is 2.24. The molecule has 1 fully saturated rings. The maximum atomic E-state index is 12.7. The Bertz CT molecular complexity index is 897. The van der Waals surface area contributed by atoms with Crippen LogP contribution in [0.4, 0.5) is 0 Å². The lowest BCUT2D eigenvalue weighted by molar-refractivity contribution is 0.0683. The summed E-state index contributed by atoms with van der Waals surface area (Å²) in [5.41, 5.74) is 1.91. The van der Waals surface area contributed by atoms with Crippen LogP contribution in [0.2, 0.25) is 0 Å². The lowest BCUT2D eigenvalue weighted by atomic mass is 9.96. The zero-order valence-electron chi connectivity index (χ0n) is 15.1. The lowest BCUT2D eigenvalue weighted by Crippen LogP contribution is -2.39. The Hall–Kier alpha value is -2.40. The van der Waals surface area contributed by atoms with Gasteiger partial charge in [0.05, 0.1) is 0 Å². The average molecular weight is 424 g/mol. The van der Waals surface area contributed by atoms with Crippen LogP contribution in [0.1, 0.15) is 23.2 Å². The summed E-state index contributed by atoms with van der Waals surface area (Å²) >= 11 is 3.42. The molecule has 1 aromatic heterocycles. The van der Waals surface area contributed by atoms with Crippen molar-refractivity contribution in [1.29, 1.82) is 0 Å². The summed E-state index contributed by atoms with van der Waals surface area (Å²) in [7, 11) is 0. The van der Waals surface area contributed by atoms with Gasteiger partial charge in [0.15, 0.2) is 0 Å². The van der Waals surface area contributed by atoms with Crippen molar-refractivity contribution in [2.45, 2.75) is 19.4 Å². The number of imidazole rings is 1. The first-order valence-electron chi connectivity index (χ1n) is 9.32. The van der Waals surface area contributed by atoms with Crippen molar-refractivity contribution >= 4 is 21.8 Å². The highest BCUT2D eigenvalue weighted by atomic mass is 79.9. The normalized spacial score (nSPS) is 15.1. The average Bonchev–Trinajstić information content (AvgIpc) is 3.17. The van der Waals surface area contributed by atoms with Crippen LogP contribution in [0.5, 0.6) is 0 Å². The van der Waals surface area contributed by atoms with E-state index in [1.807, 2.05) is 53.6 Å². The van der Waals surface area contributed by atoms with Crippen molar-refractivity contribution in [3.05, 3.63) is 77.0 Å². The van der Waals surface area contributed by atoms with Gasteiger partial charge in [0.2, 0.25) is 0 Å². The van der Waals surface area contributed by atoms with Crippen molar-refractivity contribution in [2.24, 2.45) is 5.92 Å². The van der Waals surface area contributed by atoms with Crippen molar-refractivity contribution < 1.29 is 4.79 Å². The first kappa shape index (κ1) is 18.0. The summed E-state index contributed by atoms with van der Waals surface area (Å²) in [6.07, 6.45) is 5.97. The number of aromatic nitrogens is 2. The Labute approximate surface area is 168 Å². The van der Waals surface area contributed by atoms with Gasteiger partial charge in [-0.1, -0.05) is 46.3 Å². The number of hydrogen-bond acceptors (Lipinski definition) is 2. The Morgan fingerprint density at radius 1 is 1.04 bits per heavy atom. The van der Waals surface area contributed by atoms with Gasteiger partial charge in [0, 0.05) is 47.6 Å².